The second-order valence-electron chi connectivity index (χ2n) is 6.05. The van der Waals surface area contributed by atoms with Gasteiger partial charge in [0.15, 0.2) is 5.13 Å². The van der Waals surface area contributed by atoms with Crippen molar-refractivity contribution < 1.29 is 9.53 Å². The number of hydrogen-bond acceptors (Lipinski definition) is 4. The number of nitrogens with zero attached hydrogens (tertiary/aromatic N) is 1. The SMILES string of the molecule is CCc1ccc(CC(=O)Nc2nc(-c3ccc(OC)cc3)c(C)s2)cc1. The van der Waals surface area contributed by atoms with E-state index in [1.165, 1.54) is 16.9 Å². The molecule has 0 unspecified atom stereocenters. The van der Waals surface area contributed by atoms with Gasteiger partial charge < -0.3 is 10.1 Å². The Bertz CT molecular complexity index is 883. The van der Waals surface area contributed by atoms with Crippen LogP contribution in [0, 0.1) is 6.92 Å². The number of hydrogen-bond donors (Lipinski definition) is 1. The minimum absolute atomic E-state index is 0.0516. The van der Waals surface area contributed by atoms with Crippen LogP contribution in [0.3, 0.4) is 0 Å². The molecule has 3 rings (SSSR count). The zero-order valence-electron chi connectivity index (χ0n) is 15.2. The zero-order valence-corrected chi connectivity index (χ0v) is 16.0. The molecule has 5 heteroatoms. The van der Waals surface area contributed by atoms with E-state index >= 15 is 0 Å². The van der Waals surface area contributed by atoms with Crippen molar-refractivity contribution in [3.8, 4) is 17.0 Å². The normalized spacial score (nSPS) is 10.6. The maximum Gasteiger partial charge on any atom is 0.230 e. The first kappa shape index (κ1) is 18.1. The molecule has 1 N–H and O–H groups in total. The van der Waals surface area contributed by atoms with E-state index in [4.69, 9.17) is 4.74 Å². The third kappa shape index (κ3) is 4.29. The Morgan fingerprint density at radius 2 is 1.73 bits per heavy atom. The lowest BCUT2D eigenvalue weighted by Gasteiger charge is -2.03. The number of aromatic nitrogens is 1. The number of nitrogens with one attached hydrogen (secondary N) is 1. The van der Waals surface area contributed by atoms with E-state index in [-0.39, 0.29) is 5.91 Å². The predicted molar refractivity (Wildman–Crippen MR) is 107 cm³/mol. The third-order valence-corrected chi connectivity index (χ3v) is 5.09. The standard InChI is InChI=1S/C21H22N2O2S/c1-4-15-5-7-16(8-6-15)13-19(24)22-21-23-20(14(2)26-21)17-9-11-18(25-3)12-10-17/h5-12H,4,13H2,1-3H3,(H,22,23,24). The molecule has 0 saturated carbocycles. The lowest BCUT2D eigenvalue weighted by atomic mass is 10.1. The maximum absolute atomic E-state index is 12.3. The van der Waals surface area contributed by atoms with Crippen LogP contribution in [-0.4, -0.2) is 18.0 Å². The Balaban J connectivity index is 1.68. The average molecular weight is 366 g/mol. The van der Waals surface area contributed by atoms with Crippen LogP contribution in [0.5, 0.6) is 5.75 Å². The Morgan fingerprint density at radius 3 is 2.35 bits per heavy atom. The molecule has 1 aromatic heterocycles. The molecule has 1 heterocycles. The maximum atomic E-state index is 12.3. The largest absolute Gasteiger partial charge is 0.497 e. The summed E-state index contributed by atoms with van der Waals surface area (Å²) in [5, 5.41) is 3.54. The minimum atomic E-state index is -0.0516. The van der Waals surface area contributed by atoms with Crippen molar-refractivity contribution in [3.63, 3.8) is 0 Å². The van der Waals surface area contributed by atoms with E-state index in [9.17, 15) is 4.79 Å². The summed E-state index contributed by atoms with van der Waals surface area (Å²) in [5.41, 5.74) is 4.17. The molecule has 0 spiro atoms. The molecule has 0 radical (unpaired) electrons. The van der Waals surface area contributed by atoms with Gasteiger partial charge in [0.25, 0.3) is 0 Å². The van der Waals surface area contributed by atoms with Crippen molar-refractivity contribution in [2.75, 3.05) is 12.4 Å². The predicted octanol–water partition coefficient (Wildman–Crippen LogP) is 4.87. The summed E-state index contributed by atoms with van der Waals surface area (Å²) in [6, 6.07) is 15.9. The van der Waals surface area contributed by atoms with E-state index in [0.717, 1.165) is 33.9 Å². The number of methoxy groups -OCH3 is 1. The molecule has 2 aromatic carbocycles. The number of amides is 1. The fourth-order valence-corrected chi connectivity index (χ4v) is 3.56. The van der Waals surface area contributed by atoms with Crippen molar-refractivity contribution in [2.45, 2.75) is 26.7 Å². The number of carbonyl (C=O) groups is 1. The van der Waals surface area contributed by atoms with E-state index in [1.54, 1.807) is 7.11 Å². The van der Waals surface area contributed by atoms with Crippen LogP contribution >= 0.6 is 11.3 Å². The van der Waals surface area contributed by atoms with E-state index in [2.05, 4.69) is 29.4 Å². The van der Waals surface area contributed by atoms with Gasteiger partial charge in [0, 0.05) is 10.4 Å². The van der Waals surface area contributed by atoms with Crippen LogP contribution in [0.2, 0.25) is 0 Å². The van der Waals surface area contributed by atoms with Crippen molar-refractivity contribution in [1.29, 1.82) is 0 Å². The van der Waals surface area contributed by atoms with Crippen molar-refractivity contribution >= 4 is 22.4 Å². The monoisotopic (exact) mass is 366 g/mol. The van der Waals surface area contributed by atoms with Crippen LogP contribution in [-0.2, 0) is 17.6 Å². The fourth-order valence-electron chi connectivity index (χ4n) is 2.71. The van der Waals surface area contributed by atoms with Gasteiger partial charge in [-0.2, -0.15) is 0 Å². The van der Waals surface area contributed by atoms with Crippen molar-refractivity contribution in [1.82, 2.24) is 4.98 Å². The van der Waals surface area contributed by atoms with Crippen LogP contribution < -0.4 is 10.1 Å². The zero-order chi connectivity index (χ0) is 18.5. The van der Waals surface area contributed by atoms with Crippen molar-refractivity contribution in [2.24, 2.45) is 0 Å². The van der Waals surface area contributed by atoms with Gasteiger partial charge in [-0.3, -0.25) is 4.79 Å². The highest BCUT2D eigenvalue weighted by atomic mass is 32.1. The summed E-state index contributed by atoms with van der Waals surface area (Å²) in [4.78, 5) is 18.0. The van der Waals surface area contributed by atoms with Crippen LogP contribution in [0.15, 0.2) is 48.5 Å². The van der Waals surface area contributed by atoms with Crippen LogP contribution in [0.4, 0.5) is 5.13 Å². The molecule has 0 aliphatic carbocycles. The topological polar surface area (TPSA) is 51.2 Å². The quantitative estimate of drug-likeness (QED) is 0.677. The summed E-state index contributed by atoms with van der Waals surface area (Å²) in [7, 11) is 1.65. The number of aryl methyl sites for hydroxylation is 2. The summed E-state index contributed by atoms with van der Waals surface area (Å²) in [6.07, 6.45) is 1.35. The molecule has 3 aromatic rings. The highest BCUT2D eigenvalue weighted by Gasteiger charge is 2.12. The second-order valence-corrected chi connectivity index (χ2v) is 7.25. The minimum Gasteiger partial charge on any atom is -0.497 e. The molecule has 134 valence electrons. The first-order valence-corrected chi connectivity index (χ1v) is 9.40. The Hall–Kier alpha value is -2.66. The first-order valence-electron chi connectivity index (χ1n) is 8.58. The Morgan fingerprint density at radius 1 is 1.08 bits per heavy atom. The molecule has 4 nitrogen and oxygen atoms in total. The lowest BCUT2D eigenvalue weighted by Crippen LogP contribution is -2.14. The fraction of sp³-hybridized carbons (Fsp3) is 0.238. The van der Waals surface area contributed by atoms with Gasteiger partial charge in [-0.05, 0) is 48.7 Å². The molecule has 0 fully saturated rings. The molecular weight excluding hydrogens is 344 g/mol. The molecule has 0 aliphatic heterocycles. The highest BCUT2D eigenvalue weighted by Crippen LogP contribution is 2.31. The van der Waals surface area contributed by atoms with Gasteiger partial charge in [0.05, 0.1) is 19.2 Å². The average Bonchev–Trinajstić information content (AvgIpc) is 3.02. The number of thiazole rings is 1. The Kier molecular flexibility index (Phi) is 5.68. The van der Waals surface area contributed by atoms with Gasteiger partial charge in [-0.25, -0.2) is 4.98 Å². The van der Waals surface area contributed by atoms with E-state index in [0.29, 0.717) is 11.6 Å². The smallest absolute Gasteiger partial charge is 0.230 e. The van der Waals surface area contributed by atoms with Crippen molar-refractivity contribution in [3.05, 3.63) is 64.5 Å². The summed E-state index contributed by atoms with van der Waals surface area (Å²) >= 11 is 1.49. The summed E-state index contributed by atoms with van der Waals surface area (Å²) in [6.45, 7) is 4.13. The number of ether oxygens (including phenoxy) is 1. The van der Waals surface area contributed by atoms with Crippen LogP contribution in [0.1, 0.15) is 22.9 Å². The van der Waals surface area contributed by atoms with Gasteiger partial charge in [0.2, 0.25) is 5.91 Å². The molecule has 0 bridgehead atoms. The van der Waals surface area contributed by atoms with Gasteiger partial charge in [-0.1, -0.05) is 31.2 Å². The lowest BCUT2D eigenvalue weighted by molar-refractivity contribution is -0.115. The second kappa shape index (κ2) is 8.15. The highest BCUT2D eigenvalue weighted by molar-refractivity contribution is 7.16. The third-order valence-electron chi connectivity index (χ3n) is 4.20. The first-order chi connectivity index (χ1) is 12.6. The number of anilines is 1. The number of carbonyl (C=O) groups excluding carboxylic acids is 1. The van der Waals surface area contributed by atoms with E-state index in [1.807, 2.05) is 43.3 Å². The molecule has 0 saturated heterocycles. The van der Waals surface area contributed by atoms with Gasteiger partial charge >= 0.3 is 0 Å². The molecular formula is C21H22N2O2S. The van der Waals surface area contributed by atoms with Crippen LogP contribution in [0.25, 0.3) is 11.3 Å². The Labute approximate surface area is 157 Å². The summed E-state index contributed by atoms with van der Waals surface area (Å²) < 4.78 is 5.19. The molecule has 26 heavy (non-hydrogen) atoms. The summed E-state index contributed by atoms with van der Waals surface area (Å²) in [5.74, 6) is 0.758. The molecule has 1 amide bonds. The van der Waals surface area contributed by atoms with Gasteiger partial charge in [-0.15, -0.1) is 11.3 Å². The van der Waals surface area contributed by atoms with E-state index < -0.39 is 0 Å². The molecule has 0 atom stereocenters. The molecule has 0 aliphatic rings. The number of benzene rings is 2. The van der Waals surface area contributed by atoms with Gasteiger partial charge in [0.1, 0.15) is 5.75 Å². The number of rotatable bonds is 6.